The summed E-state index contributed by atoms with van der Waals surface area (Å²) in [4.78, 5) is 4.46. The zero-order valence-corrected chi connectivity index (χ0v) is 11.8. The Labute approximate surface area is 124 Å². The van der Waals surface area contributed by atoms with Crippen molar-refractivity contribution in [2.24, 2.45) is 0 Å². The van der Waals surface area contributed by atoms with Gasteiger partial charge in [-0.1, -0.05) is 46.9 Å². The molecule has 0 bridgehead atoms. The highest BCUT2D eigenvalue weighted by Gasteiger charge is 2.15. The summed E-state index contributed by atoms with van der Waals surface area (Å²) in [6.07, 6.45) is 1.71. The number of nitrogen functional groups attached to an aromatic ring is 1. The van der Waals surface area contributed by atoms with Crippen LogP contribution in [0.4, 0.5) is 5.82 Å². The van der Waals surface area contributed by atoms with Crippen molar-refractivity contribution in [3.63, 3.8) is 0 Å². The number of imidazole rings is 1. The number of hydrogen-bond donors (Lipinski definition) is 1. The third-order valence-electron chi connectivity index (χ3n) is 2.83. The maximum absolute atomic E-state index is 6.20. The van der Waals surface area contributed by atoms with Crippen molar-refractivity contribution in [3.05, 3.63) is 51.6 Å². The fourth-order valence-electron chi connectivity index (χ4n) is 1.92. The number of pyridine rings is 1. The molecule has 96 valence electrons. The van der Waals surface area contributed by atoms with Crippen molar-refractivity contribution in [1.29, 1.82) is 0 Å². The first-order valence-electron chi connectivity index (χ1n) is 5.45. The van der Waals surface area contributed by atoms with E-state index in [9.17, 15) is 0 Å². The van der Waals surface area contributed by atoms with E-state index < -0.39 is 0 Å². The molecule has 0 atom stereocenters. The third-order valence-corrected chi connectivity index (χ3v) is 3.87. The molecule has 0 saturated carbocycles. The van der Waals surface area contributed by atoms with Crippen LogP contribution in [0, 0.1) is 0 Å². The smallest absolute Gasteiger partial charge is 0.139 e. The van der Waals surface area contributed by atoms with Crippen molar-refractivity contribution in [3.8, 4) is 11.3 Å². The van der Waals surface area contributed by atoms with Gasteiger partial charge in [0, 0.05) is 11.8 Å². The van der Waals surface area contributed by atoms with Gasteiger partial charge in [0.1, 0.15) is 17.2 Å². The molecule has 2 aromatic heterocycles. The van der Waals surface area contributed by atoms with E-state index in [4.69, 9.17) is 40.5 Å². The van der Waals surface area contributed by atoms with Crippen molar-refractivity contribution in [2.75, 3.05) is 5.73 Å². The molecule has 2 N–H and O–H groups in total. The second-order valence-electron chi connectivity index (χ2n) is 4.02. The molecule has 0 fully saturated rings. The van der Waals surface area contributed by atoms with Crippen LogP contribution in [0.5, 0.6) is 0 Å². The van der Waals surface area contributed by atoms with E-state index >= 15 is 0 Å². The molecule has 0 saturated heterocycles. The number of anilines is 1. The lowest BCUT2D eigenvalue weighted by Gasteiger charge is -2.03. The van der Waals surface area contributed by atoms with Gasteiger partial charge in [-0.2, -0.15) is 0 Å². The molecular formula is C13H8Cl3N3. The molecular weight excluding hydrogens is 305 g/mol. The average Bonchev–Trinajstić information content (AvgIpc) is 2.70. The first-order valence-corrected chi connectivity index (χ1v) is 6.59. The number of nitrogens with two attached hydrogens (primary N) is 1. The van der Waals surface area contributed by atoms with Crippen LogP contribution in [0.2, 0.25) is 15.1 Å². The van der Waals surface area contributed by atoms with Crippen LogP contribution < -0.4 is 5.73 Å². The number of aromatic nitrogens is 2. The van der Waals surface area contributed by atoms with Crippen LogP contribution in [-0.2, 0) is 0 Å². The minimum absolute atomic E-state index is 0.436. The molecule has 0 unspecified atom stereocenters. The van der Waals surface area contributed by atoms with Crippen LogP contribution in [0.1, 0.15) is 0 Å². The first-order chi connectivity index (χ1) is 9.08. The summed E-state index contributed by atoms with van der Waals surface area (Å²) in [5, 5.41) is 1.49. The lowest BCUT2D eigenvalue weighted by atomic mass is 10.1. The average molecular weight is 313 g/mol. The van der Waals surface area contributed by atoms with Crippen LogP contribution in [0.15, 0.2) is 36.5 Å². The standard InChI is InChI=1S/C13H8Cl3N3/c14-7-4-5-10-18-12(13(17)19(10)6-7)8-2-1-3-9(15)11(8)16/h1-6H,17H2. The maximum Gasteiger partial charge on any atom is 0.139 e. The molecule has 3 rings (SSSR count). The minimum Gasteiger partial charge on any atom is -0.383 e. The van der Waals surface area contributed by atoms with E-state index in [0.29, 0.717) is 37.8 Å². The summed E-state index contributed by atoms with van der Waals surface area (Å²) < 4.78 is 1.72. The van der Waals surface area contributed by atoms with Crippen molar-refractivity contribution in [1.82, 2.24) is 9.38 Å². The molecule has 0 radical (unpaired) electrons. The zero-order chi connectivity index (χ0) is 13.6. The summed E-state index contributed by atoms with van der Waals surface area (Å²) >= 11 is 18.2. The number of rotatable bonds is 1. The van der Waals surface area contributed by atoms with E-state index in [1.165, 1.54) is 0 Å². The van der Waals surface area contributed by atoms with E-state index in [2.05, 4.69) is 4.98 Å². The van der Waals surface area contributed by atoms with Gasteiger partial charge in [0.15, 0.2) is 0 Å². The molecule has 0 spiro atoms. The van der Waals surface area contributed by atoms with E-state index in [0.717, 1.165) is 0 Å². The first kappa shape index (κ1) is 12.6. The lowest BCUT2D eigenvalue weighted by Crippen LogP contribution is -1.94. The van der Waals surface area contributed by atoms with Crippen molar-refractivity contribution >= 4 is 46.3 Å². The molecule has 0 aliphatic carbocycles. The molecule has 2 heterocycles. The largest absolute Gasteiger partial charge is 0.383 e. The minimum atomic E-state index is 0.436. The topological polar surface area (TPSA) is 43.3 Å². The molecule has 0 amide bonds. The van der Waals surface area contributed by atoms with Crippen LogP contribution in [-0.4, -0.2) is 9.38 Å². The van der Waals surface area contributed by atoms with E-state index in [1.54, 1.807) is 34.9 Å². The van der Waals surface area contributed by atoms with Gasteiger partial charge >= 0.3 is 0 Å². The van der Waals surface area contributed by atoms with Gasteiger partial charge in [-0.05, 0) is 18.2 Å². The Morgan fingerprint density at radius 3 is 2.63 bits per heavy atom. The second kappa shape index (κ2) is 4.60. The molecule has 19 heavy (non-hydrogen) atoms. The Balaban J connectivity index is 2.31. The number of nitrogens with zero attached hydrogens (tertiary/aromatic N) is 2. The van der Waals surface area contributed by atoms with E-state index in [1.807, 2.05) is 6.07 Å². The normalized spacial score (nSPS) is 11.1. The van der Waals surface area contributed by atoms with Gasteiger partial charge in [0.05, 0.1) is 15.1 Å². The molecule has 0 aliphatic rings. The Bertz CT molecular complexity index is 780. The van der Waals surface area contributed by atoms with Crippen molar-refractivity contribution in [2.45, 2.75) is 0 Å². The Morgan fingerprint density at radius 2 is 1.84 bits per heavy atom. The summed E-state index contributed by atoms with van der Waals surface area (Å²) in [6, 6.07) is 8.90. The van der Waals surface area contributed by atoms with Gasteiger partial charge in [-0.15, -0.1) is 0 Å². The summed E-state index contributed by atoms with van der Waals surface area (Å²) in [5.74, 6) is 0.474. The predicted molar refractivity (Wildman–Crippen MR) is 80.1 cm³/mol. The van der Waals surface area contributed by atoms with Gasteiger partial charge in [-0.3, -0.25) is 4.40 Å². The molecule has 3 nitrogen and oxygen atoms in total. The number of hydrogen-bond acceptors (Lipinski definition) is 2. The monoisotopic (exact) mass is 311 g/mol. The highest BCUT2D eigenvalue weighted by Crippen LogP contribution is 2.36. The van der Waals surface area contributed by atoms with Crippen LogP contribution in [0.3, 0.4) is 0 Å². The van der Waals surface area contributed by atoms with Gasteiger partial charge in [0.2, 0.25) is 0 Å². The highest BCUT2D eigenvalue weighted by molar-refractivity contribution is 6.43. The number of fused-ring (bicyclic) bond motifs is 1. The predicted octanol–water partition coefficient (Wildman–Crippen LogP) is 4.54. The van der Waals surface area contributed by atoms with Crippen LogP contribution >= 0.6 is 34.8 Å². The molecule has 1 aromatic carbocycles. The molecule has 3 aromatic rings. The third kappa shape index (κ3) is 2.04. The summed E-state index contributed by atoms with van der Waals surface area (Å²) in [5.41, 5.74) is 8.09. The van der Waals surface area contributed by atoms with Gasteiger partial charge in [0.25, 0.3) is 0 Å². The van der Waals surface area contributed by atoms with Gasteiger partial charge in [-0.25, -0.2) is 4.98 Å². The fourth-order valence-corrected chi connectivity index (χ4v) is 2.47. The number of halogens is 3. The van der Waals surface area contributed by atoms with Gasteiger partial charge < -0.3 is 5.73 Å². The maximum atomic E-state index is 6.20. The second-order valence-corrected chi connectivity index (χ2v) is 5.24. The highest BCUT2D eigenvalue weighted by atomic mass is 35.5. The fraction of sp³-hybridized carbons (Fsp3) is 0. The zero-order valence-electron chi connectivity index (χ0n) is 9.57. The summed E-state index contributed by atoms with van der Waals surface area (Å²) in [7, 11) is 0. The molecule has 0 aliphatic heterocycles. The van der Waals surface area contributed by atoms with E-state index in [-0.39, 0.29) is 0 Å². The number of benzene rings is 1. The molecule has 6 heteroatoms. The lowest BCUT2D eigenvalue weighted by molar-refractivity contribution is 1.20. The SMILES string of the molecule is Nc1c(-c2cccc(Cl)c2Cl)nc2ccc(Cl)cn12. The summed E-state index contributed by atoms with van der Waals surface area (Å²) in [6.45, 7) is 0. The van der Waals surface area contributed by atoms with Crippen LogP contribution in [0.25, 0.3) is 16.9 Å². The Hall–Kier alpha value is -1.42. The quantitative estimate of drug-likeness (QED) is 0.716. The Kier molecular flexibility index (Phi) is 3.05. The van der Waals surface area contributed by atoms with Crippen molar-refractivity contribution < 1.29 is 0 Å². The Morgan fingerprint density at radius 1 is 1.05 bits per heavy atom.